The van der Waals surface area contributed by atoms with Gasteiger partial charge < -0.3 is 4.98 Å². The van der Waals surface area contributed by atoms with Gasteiger partial charge in [-0.3, -0.25) is 0 Å². The molecule has 0 bridgehead atoms. The van der Waals surface area contributed by atoms with E-state index in [9.17, 15) is 0 Å². The summed E-state index contributed by atoms with van der Waals surface area (Å²) in [6.07, 6.45) is 5.90. The quantitative estimate of drug-likeness (QED) is 0.591. The molecule has 1 heteroatoms. The van der Waals surface area contributed by atoms with Gasteiger partial charge in [0.1, 0.15) is 0 Å². The predicted molar refractivity (Wildman–Crippen MR) is 101 cm³/mol. The van der Waals surface area contributed by atoms with Crippen LogP contribution in [-0.2, 0) is 0 Å². The van der Waals surface area contributed by atoms with E-state index in [1.54, 1.807) is 0 Å². The van der Waals surface area contributed by atoms with Crippen molar-refractivity contribution in [1.29, 1.82) is 0 Å². The molecule has 0 fully saturated rings. The summed E-state index contributed by atoms with van der Waals surface area (Å²) in [6, 6.07) is 8.25. The normalized spacial score (nSPS) is 8.52. The maximum atomic E-state index is 3.93. The van der Waals surface area contributed by atoms with Gasteiger partial charge in [-0.15, -0.1) is 0 Å². The second kappa shape index (κ2) is 14.9. The highest BCUT2D eigenvalue weighted by molar-refractivity contribution is 5.91. The number of hydrogen-bond donors (Lipinski definition) is 1. The molecule has 2 rings (SSSR count). The first-order valence-corrected chi connectivity index (χ1v) is 8.34. The fourth-order valence-electron chi connectivity index (χ4n) is 1.42. The Morgan fingerprint density at radius 3 is 1.90 bits per heavy atom. The molecular weight excluding hydrogens is 254 g/mol. The summed E-state index contributed by atoms with van der Waals surface area (Å²) in [4.78, 5) is 3.21. The number of allylic oxidation sites excluding steroid dienone is 1. The van der Waals surface area contributed by atoms with Gasteiger partial charge in [0.25, 0.3) is 0 Å². The Labute approximate surface area is 132 Å². The van der Waals surface area contributed by atoms with Gasteiger partial charge in [0.2, 0.25) is 0 Å². The monoisotopic (exact) mass is 289 g/mol. The van der Waals surface area contributed by atoms with Gasteiger partial charge in [0.15, 0.2) is 0 Å². The maximum Gasteiger partial charge on any atom is 0.0460 e. The van der Waals surface area contributed by atoms with Crippen LogP contribution in [0.3, 0.4) is 0 Å². The van der Waals surface area contributed by atoms with Crippen LogP contribution in [0.15, 0.2) is 37.0 Å². The average molecular weight is 290 g/mol. The van der Waals surface area contributed by atoms with Gasteiger partial charge in [-0.25, -0.2) is 0 Å². The second-order valence-electron chi connectivity index (χ2n) is 4.74. The zero-order valence-electron chi connectivity index (χ0n) is 15.2. The molecule has 120 valence electrons. The third kappa shape index (κ3) is 9.12. The van der Waals surface area contributed by atoms with Gasteiger partial charge in [-0.1, -0.05) is 85.6 Å². The molecule has 1 aromatic carbocycles. The minimum atomic E-state index is 1.10. The Morgan fingerprint density at radius 2 is 1.48 bits per heavy atom. The lowest BCUT2D eigenvalue weighted by molar-refractivity contribution is 0.886. The van der Waals surface area contributed by atoms with Gasteiger partial charge in [0.05, 0.1) is 0 Å². The van der Waals surface area contributed by atoms with Crippen LogP contribution >= 0.6 is 0 Å². The Bertz CT molecular complexity index is 463. The molecule has 0 aliphatic rings. The molecule has 0 radical (unpaired) electrons. The van der Waals surface area contributed by atoms with Gasteiger partial charge in [0, 0.05) is 22.7 Å². The lowest BCUT2D eigenvalue weighted by Gasteiger charge is -1.94. The Hall–Kier alpha value is -1.50. The zero-order valence-corrected chi connectivity index (χ0v) is 15.2. The fraction of sp³-hybridized carbons (Fsp3) is 0.500. The van der Waals surface area contributed by atoms with Gasteiger partial charge >= 0.3 is 0 Å². The lowest BCUT2D eigenvalue weighted by Crippen LogP contribution is -1.71. The van der Waals surface area contributed by atoms with Crippen molar-refractivity contribution in [3.8, 4) is 0 Å². The molecule has 0 aliphatic heterocycles. The van der Waals surface area contributed by atoms with E-state index in [1.807, 2.05) is 39.1 Å². The second-order valence-corrected chi connectivity index (χ2v) is 4.74. The first-order valence-electron chi connectivity index (χ1n) is 8.34. The molecule has 1 aromatic heterocycles. The first kappa shape index (κ1) is 21.8. The highest BCUT2D eigenvalue weighted by Crippen LogP contribution is 2.22. The first-order chi connectivity index (χ1) is 10.1. The molecule has 1 N–H and O–H groups in total. The van der Waals surface area contributed by atoms with Crippen LogP contribution < -0.4 is 0 Å². The number of rotatable bonds is 2. The molecule has 2 aromatic rings. The van der Waals surface area contributed by atoms with Gasteiger partial charge in [-0.05, 0) is 18.6 Å². The minimum absolute atomic E-state index is 1.10. The van der Waals surface area contributed by atoms with Crippen LogP contribution in [-0.4, -0.2) is 4.98 Å². The molecule has 0 spiro atoms. The topological polar surface area (TPSA) is 15.8 Å². The van der Waals surface area contributed by atoms with E-state index in [4.69, 9.17) is 0 Å². The molecule has 21 heavy (non-hydrogen) atoms. The highest BCUT2D eigenvalue weighted by atomic mass is 14.7. The Balaban J connectivity index is 0. The van der Waals surface area contributed by atoms with Crippen molar-refractivity contribution >= 4 is 16.5 Å². The summed E-state index contributed by atoms with van der Waals surface area (Å²) in [7, 11) is 0. The molecule has 0 saturated carbocycles. The summed E-state index contributed by atoms with van der Waals surface area (Å²) in [5.41, 5.74) is 3.49. The highest BCUT2D eigenvalue weighted by Gasteiger charge is 2.01. The number of fused-ring (bicyclic) bond motifs is 1. The van der Waals surface area contributed by atoms with Crippen molar-refractivity contribution in [2.24, 2.45) is 0 Å². The number of benzene rings is 1. The predicted octanol–water partition coefficient (Wildman–Crippen LogP) is 7.45. The van der Waals surface area contributed by atoms with Crippen LogP contribution in [0.25, 0.3) is 16.5 Å². The van der Waals surface area contributed by atoms with E-state index in [0.717, 1.165) is 5.57 Å². The van der Waals surface area contributed by atoms with Crippen molar-refractivity contribution in [2.75, 3.05) is 0 Å². The Kier molecular flexibility index (Phi) is 15.5. The minimum Gasteiger partial charge on any atom is -0.361 e. The summed E-state index contributed by atoms with van der Waals surface area (Å²) in [5.74, 6) is 0. The van der Waals surface area contributed by atoms with Crippen molar-refractivity contribution in [3.05, 3.63) is 42.6 Å². The molecular formula is C20H35N. The van der Waals surface area contributed by atoms with E-state index < -0.39 is 0 Å². The summed E-state index contributed by atoms with van der Waals surface area (Å²) < 4.78 is 0. The van der Waals surface area contributed by atoms with Crippen molar-refractivity contribution < 1.29 is 0 Å². The number of aromatic amines is 1. The number of nitrogens with one attached hydrogen (secondary N) is 1. The van der Waals surface area contributed by atoms with Crippen LogP contribution in [0.5, 0.6) is 0 Å². The fourth-order valence-corrected chi connectivity index (χ4v) is 1.42. The van der Waals surface area contributed by atoms with Crippen molar-refractivity contribution in [3.63, 3.8) is 0 Å². The number of hydrogen-bond acceptors (Lipinski definition) is 0. The number of H-pyrrole nitrogens is 1. The molecule has 0 saturated heterocycles. The number of unbranched alkanes of at least 4 members (excludes halogenated alkanes) is 1. The van der Waals surface area contributed by atoms with E-state index in [-0.39, 0.29) is 0 Å². The van der Waals surface area contributed by atoms with E-state index in [1.165, 1.54) is 35.7 Å². The van der Waals surface area contributed by atoms with Crippen LogP contribution in [0, 0.1) is 0 Å². The third-order valence-electron chi connectivity index (χ3n) is 2.55. The molecule has 0 unspecified atom stereocenters. The maximum absolute atomic E-state index is 3.93. The van der Waals surface area contributed by atoms with Crippen molar-refractivity contribution in [2.45, 2.75) is 67.7 Å². The van der Waals surface area contributed by atoms with E-state index in [0.29, 0.717) is 0 Å². The molecule has 1 nitrogen and oxygen atoms in total. The largest absolute Gasteiger partial charge is 0.361 e. The number of aromatic nitrogens is 1. The van der Waals surface area contributed by atoms with Crippen molar-refractivity contribution in [1.82, 2.24) is 4.98 Å². The summed E-state index contributed by atoms with van der Waals surface area (Å²) in [5, 5.41) is 1.25. The summed E-state index contributed by atoms with van der Waals surface area (Å²) >= 11 is 0. The van der Waals surface area contributed by atoms with Crippen LogP contribution in [0.1, 0.15) is 73.3 Å². The standard InChI is InChI=1S/C11H11N.C4H10.C3H8.C2H6/c1-8(2)10-7-12-11-6-4-3-5-9(10)11;1-3-4-2;1-3-2;1-2/h3-7,12H,1H2,2H3;3-4H2,1-2H3;3H2,1-2H3;1-2H3. The molecule has 0 amide bonds. The number of para-hydroxylation sites is 1. The molecule has 0 atom stereocenters. The lowest BCUT2D eigenvalue weighted by atomic mass is 10.1. The third-order valence-corrected chi connectivity index (χ3v) is 2.55. The summed E-state index contributed by atoms with van der Waals surface area (Å²) in [6.45, 7) is 18.6. The molecule has 0 aliphatic carbocycles. The van der Waals surface area contributed by atoms with Gasteiger partial charge in [-0.2, -0.15) is 0 Å². The average Bonchev–Trinajstić information content (AvgIpc) is 2.94. The van der Waals surface area contributed by atoms with E-state index in [2.05, 4.69) is 51.4 Å². The molecule has 1 heterocycles. The zero-order chi connectivity index (χ0) is 16.7. The smallest absolute Gasteiger partial charge is 0.0460 e. The SMILES string of the molecule is C=C(C)c1c[nH]c2ccccc12.CC.CCC.CCCC. The van der Waals surface area contributed by atoms with Crippen LogP contribution in [0.4, 0.5) is 0 Å². The van der Waals surface area contributed by atoms with E-state index >= 15 is 0 Å². The van der Waals surface area contributed by atoms with Crippen LogP contribution in [0.2, 0.25) is 0 Å². The Morgan fingerprint density at radius 1 is 1.00 bits per heavy atom.